The highest BCUT2D eigenvalue weighted by atomic mass is 35.5. The number of hydroxylamine groups is 1. The molecule has 4 rings (SSSR count). The molecule has 0 spiro atoms. The number of ether oxygens (including phenoxy) is 1. The van der Waals surface area contributed by atoms with Crippen LogP contribution in [-0.2, 0) is 10.4 Å². The fourth-order valence-electron chi connectivity index (χ4n) is 3.29. The Morgan fingerprint density at radius 1 is 1.12 bits per heavy atom. The first-order chi connectivity index (χ1) is 15.6. The number of aliphatic hydroxyl groups is 2. The lowest BCUT2D eigenvalue weighted by molar-refractivity contribution is 0.105. The van der Waals surface area contributed by atoms with Gasteiger partial charge >= 0.3 is 0 Å². The van der Waals surface area contributed by atoms with E-state index < -0.39 is 24.9 Å². The molecule has 1 unspecified atom stereocenters. The molecule has 0 fully saturated rings. The van der Waals surface area contributed by atoms with Crippen molar-refractivity contribution >= 4 is 28.5 Å². The van der Waals surface area contributed by atoms with Crippen LogP contribution in [0.25, 0.3) is 11.0 Å². The minimum Gasteiger partial charge on any atom is -0.491 e. The van der Waals surface area contributed by atoms with E-state index in [-0.39, 0.29) is 5.41 Å². The summed E-state index contributed by atoms with van der Waals surface area (Å²) in [5, 5.41) is 20.3. The number of nitrogens with two attached hydrogens (primary N) is 1. The summed E-state index contributed by atoms with van der Waals surface area (Å²) >= 11 is 6.41. The Labute approximate surface area is 196 Å². The molecule has 2 heterocycles. The zero-order valence-corrected chi connectivity index (χ0v) is 19.5. The maximum absolute atomic E-state index is 9.52. The molecular formula is C24H28ClN3O5. The molecule has 176 valence electrons. The monoisotopic (exact) mass is 473 g/mol. The van der Waals surface area contributed by atoms with Gasteiger partial charge in [0.25, 0.3) is 0 Å². The highest BCUT2D eigenvalue weighted by Crippen LogP contribution is 2.32. The molecule has 0 amide bonds. The van der Waals surface area contributed by atoms with Gasteiger partial charge in [0.2, 0.25) is 5.90 Å². The van der Waals surface area contributed by atoms with Crippen LogP contribution >= 0.6 is 11.6 Å². The van der Waals surface area contributed by atoms with Gasteiger partial charge in [0, 0.05) is 10.9 Å². The van der Waals surface area contributed by atoms with E-state index in [1.807, 2.05) is 24.3 Å². The summed E-state index contributed by atoms with van der Waals surface area (Å²) in [6.45, 7) is 5.95. The summed E-state index contributed by atoms with van der Waals surface area (Å²) < 4.78 is 11.5. The Hall–Kier alpha value is -2.62. The van der Waals surface area contributed by atoms with Gasteiger partial charge in [-0.3, -0.25) is 0 Å². The third kappa shape index (κ3) is 5.00. The minimum atomic E-state index is -1.35. The molecule has 8 nitrogen and oxygen atoms in total. The number of aliphatic imine (C=N–C) groups is 1. The van der Waals surface area contributed by atoms with Crippen molar-refractivity contribution in [2.75, 3.05) is 19.8 Å². The molecule has 0 bridgehead atoms. The average molecular weight is 474 g/mol. The van der Waals surface area contributed by atoms with Crippen molar-refractivity contribution in [3.8, 4) is 5.75 Å². The average Bonchev–Trinajstić information content (AvgIpc) is 3.44. The van der Waals surface area contributed by atoms with Gasteiger partial charge in [0.05, 0.1) is 24.8 Å². The normalized spacial score (nSPS) is 16.7. The molecule has 1 aliphatic heterocycles. The minimum absolute atomic E-state index is 0.0243. The van der Waals surface area contributed by atoms with Crippen LogP contribution in [0.4, 0.5) is 0 Å². The lowest BCUT2D eigenvalue weighted by Gasteiger charge is -2.21. The van der Waals surface area contributed by atoms with Crippen molar-refractivity contribution in [2.45, 2.75) is 32.5 Å². The molecule has 1 atom stereocenters. The van der Waals surface area contributed by atoms with Crippen molar-refractivity contribution in [1.82, 2.24) is 5.48 Å². The highest BCUT2D eigenvalue weighted by molar-refractivity contribution is 6.32. The van der Waals surface area contributed by atoms with Gasteiger partial charge in [-0.2, -0.15) is 0 Å². The number of nitrogens with one attached hydrogen (secondary N) is 1. The molecule has 33 heavy (non-hydrogen) atoms. The van der Waals surface area contributed by atoms with Crippen molar-refractivity contribution < 1.29 is 24.2 Å². The van der Waals surface area contributed by atoms with Gasteiger partial charge in [0.15, 0.2) is 6.17 Å². The molecule has 1 aromatic heterocycles. The Balaban J connectivity index is 1.54. The van der Waals surface area contributed by atoms with Crippen molar-refractivity contribution in [3.63, 3.8) is 0 Å². The highest BCUT2D eigenvalue weighted by Gasteiger charge is 2.30. The third-order valence-corrected chi connectivity index (χ3v) is 5.56. The van der Waals surface area contributed by atoms with Crippen LogP contribution < -0.4 is 16.0 Å². The molecule has 0 saturated carbocycles. The fraction of sp³-hybridized carbons (Fsp3) is 0.375. The summed E-state index contributed by atoms with van der Waals surface area (Å²) in [5.74, 6) is 1.34. The Kier molecular flexibility index (Phi) is 6.39. The molecule has 1 aliphatic rings. The molecule has 0 saturated heterocycles. The zero-order valence-electron chi connectivity index (χ0n) is 18.8. The number of nitrogens with zero attached hydrogens (tertiary/aromatic N) is 1. The predicted octanol–water partition coefficient (Wildman–Crippen LogP) is 3.63. The lowest BCUT2D eigenvalue weighted by Crippen LogP contribution is -2.43. The second kappa shape index (κ2) is 8.96. The molecular weight excluding hydrogens is 446 g/mol. The van der Waals surface area contributed by atoms with Crippen LogP contribution in [-0.4, -0.2) is 35.9 Å². The van der Waals surface area contributed by atoms with E-state index in [2.05, 4.69) is 31.2 Å². The van der Waals surface area contributed by atoms with E-state index in [1.54, 1.807) is 18.2 Å². The second-order valence-electron chi connectivity index (χ2n) is 9.43. The second-order valence-corrected chi connectivity index (χ2v) is 9.84. The number of halogens is 1. The van der Waals surface area contributed by atoms with E-state index in [4.69, 9.17) is 31.3 Å². The number of fused-ring (bicyclic) bond motifs is 1. The van der Waals surface area contributed by atoms with Crippen molar-refractivity contribution in [3.05, 3.63) is 64.4 Å². The van der Waals surface area contributed by atoms with E-state index >= 15 is 0 Å². The van der Waals surface area contributed by atoms with Crippen LogP contribution in [0.15, 0.2) is 51.9 Å². The van der Waals surface area contributed by atoms with Gasteiger partial charge in [-0.05, 0) is 47.4 Å². The van der Waals surface area contributed by atoms with Crippen molar-refractivity contribution in [2.24, 2.45) is 16.1 Å². The smallest absolute Gasteiger partial charge is 0.242 e. The number of aliphatic hydroxyl groups excluding tert-OH is 2. The summed E-state index contributed by atoms with van der Waals surface area (Å²) in [6, 6.07) is 12.7. The Bertz CT molecular complexity index is 1180. The standard InChI is InChI=1S/C24H28ClN3O5/c1-23(2,3)13-31-19-7-5-15(9-17(19)25)22-27-21(28-33-22)14-4-6-18-16(8-14)10-20(32-18)24(26,11-29)12-30/h4-10,21,28-30H,11-13,26H2,1-3H3. The molecule has 9 heteroatoms. The first-order valence-corrected chi connectivity index (χ1v) is 11.0. The van der Waals surface area contributed by atoms with Gasteiger partial charge < -0.3 is 29.9 Å². The van der Waals surface area contributed by atoms with Gasteiger partial charge in [-0.1, -0.05) is 38.4 Å². The van der Waals surface area contributed by atoms with E-state index in [9.17, 15) is 10.2 Å². The van der Waals surface area contributed by atoms with Crippen LogP contribution in [0.2, 0.25) is 5.02 Å². The molecule has 5 N–H and O–H groups in total. The molecule has 0 aliphatic carbocycles. The maximum Gasteiger partial charge on any atom is 0.242 e. The number of benzene rings is 2. The topological polar surface area (TPSA) is 122 Å². The Morgan fingerprint density at radius 3 is 2.55 bits per heavy atom. The third-order valence-electron chi connectivity index (χ3n) is 5.26. The molecule has 0 radical (unpaired) electrons. The maximum atomic E-state index is 9.52. The predicted molar refractivity (Wildman–Crippen MR) is 126 cm³/mol. The van der Waals surface area contributed by atoms with Gasteiger partial charge in [0.1, 0.15) is 22.6 Å². The number of rotatable bonds is 7. The summed E-state index contributed by atoms with van der Waals surface area (Å²) in [7, 11) is 0. The van der Waals surface area contributed by atoms with E-state index in [1.165, 1.54) is 0 Å². The fourth-order valence-corrected chi connectivity index (χ4v) is 3.52. The first-order valence-electron chi connectivity index (χ1n) is 10.6. The van der Waals surface area contributed by atoms with Crippen LogP contribution in [0.5, 0.6) is 5.75 Å². The summed E-state index contributed by atoms with van der Waals surface area (Å²) in [5.41, 5.74) is 9.77. The van der Waals surface area contributed by atoms with Crippen LogP contribution in [0.1, 0.15) is 43.8 Å². The van der Waals surface area contributed by atoms with Crippen LogP contribution in [0.3, 0.4) is 0 Å². The molecule has 2 aromatic carbocycles. The summed E-state index contributed by atoms with van der Waals surface area (Å²) in [4.78, 5) is 10.2. The molecule has 3 aromatic rings. The number of hydrogen-bond acceptors (Lipinski definition) is 8. The number of hydrogen-bond donors (Lipinski definition) is 4. The van der Waals surface area contributed by atoms with E-state index in [0.717, 1.165) is 16.5 Å². The van der Waals surface area contributed by atoms with Gasteiger partial charge in [-0.15, -0.1) is 5.48 Å². The van der Waals surface area contributed by atoms with Gasteiger partial charge in [-0.25, -0.2) is 4.99 Å². The largest absolute Gasteiger partial charge is 0.491 e. The zero-order chi connectivity index (χ0) is 23.8. The number of furan rings is 1. The van der Waals surface area contributed by atoms with E-state index in [0.29, 0.717) is 34.6 Å². The Morgan fingerprint density at radius 2 is 1.88 bits per heavy atom. The SMILES string of the molecule is CC(C)(C)COc1ccc(C2=NC(c3ccc4oc(C(N)(CO)CO)cc4c3)NO2)cc1Cl. The quantitative estimate of drug-likeness (QED) is 0.413. The van der Waals surface area contributed by atoms with Crippen molar-refractivity contribution in [1.29, 1.82) is 0 Å². The summed E-state index contributed by atoms with van der Waals surface area (Å²) in [6.07, 6.45) is -0.434. The lowest BCUT2D eigenvalue weighted by atomic mass is 9.99. The first kappa shape index (κ1) is 23.5. The van der Waals surface area contributed by atoms with Crippen LogP contribution in [0, 0.1) is 5.41 Å².